The highest BCUT2D eigenvalue weighted by Gasteiger charge is 2.00. The molecule has 0 bridgehead atoms. The van der Waals surface area contributed by atoms with Crippen LogP contribution in [-0.4, -0.2) is 38.6 Å². The highest BCUT2D eigenvalue weighted by molar-refractivity contribution is 4.58. The van der Waals surface area contributed by atoms with Crippen molar-refractivity contribution in [1.82, 2.24) is 10.2 Å². The van der Waals surface area contributed by atoms with E-state index < -0.39 is 0 Å². The van der Waals surface area contributed by atoms with Crippen LogP contribution in [0.5, 0.6) is 0 Å². The fraction of sp³-hybridized carbons (Fsp3) is 1.00. The summed E-state index contributed by atoms with van der Waals surface area (Å²) in [6.07, 6.45) is 0. The van der Waals surface area contributed by atoms with E-state index in [1.807, 2.05) is 0 Å². The van der Waals surface area contributed by atoms with E-state index in [9.17, 15) is 0 Å². The molecule has 1 N–H and O–H groups in total. The van der Waals surface area contributed by atoms with Gasteiger partial charge in [0.1, 0.15) is 0 Å². The van der Waals surface area contributed by atoms with Crippen LogP contribution in [0.15, 0.2) is 0 Å². The molecule has 0 radical (unpaired) electrons. The summed E-state index contributed by atoms with van der Waals surface area (Å²) < 4.78 is 0. The molecule has 1 unspecified atom stereocenters. The minimum absolute atomic E-state index is 0.759. The van der Waals surface area contributed by atoms with Gasteiger partial charge in [-0.15, -0.1) is 0 Å². The highest BCUT2D eigenvalue weighted by atomic mass is 15.1. The maximum absolute atomic E-state index is 3.33. The van der Waals surface area contributed by atoms with Crippen molar-refractivity contribution < 1.29 is 0 Å². The molecule has 0 spiro atoms. The Kier molecular flexibility index (Phi) is 5.64. The largest absolute Gasteiger partial charge is 0.317 e. The van der Waals surface area contributed by atoms with Gasteiger partial charge in [0, 0.05) is 6.54 Å². The molecule has 0 aliphatic heterocycles. The van der Waals surface area contributed by atoms with Crippen LogP contribution in [0.4, 0.5) is 0 Å². The van der Waals surface area contributed by atoms with Crippen molar-refractivity contribution in [3.63, 3.8) is 0 Å². The zero-order chi connectivity index (χ0) is 7.98. The van der Waals surface area contributed by atoms with Crippen molar-refractivity contribution in [3.8, 4) is 0 Å². The molecular weight excluding hydrogens is 124 g/mol. The molecule has 0 aromatic heterocycles. The van der Waals surface area contributed by atoms with Crippen molar-refractivity contribution in [2.24, 2.45) is 5.92 Å². The Balaban J connectivity index is 3.16. The fourth-order valence-electron chi connectivity index (χ4n) is 1.08. The Morgan fingerprint density at radius 1 is 1.40 bits per heavy atom. The van der Waals surface area contributed by atoms with E-state index in [-0.39, 0.29) is 0 Å². The fourth-order valence-corrected chi connectivity index (χ4v) is 1.08. The lowest BCUT2D eigenvalue weighted by molar-refractivity contribution is 0.332. The first-order chi connectivity index (χ1) is 4.66. The number of hydrogen-bond donors (Lipinski definition) is 1. The third kappa shape index (κ3) is 6.05. The normalized spacial score (nSPS) is 14.1. The lowest BCUT2D eigenvalue weighted by atomic mass is 10.2. The standard InChI is InChI=1S/C8H20N2/c1-5-9-6-8(2)7-10(3)4/h8-9H,5-7H2,1-4H3. The van der Waals surface area contributed by atoms with Gasteiger partial charge < -0.3 is 10.2 Å². The third-order valence-electron chi connectivity index (χ3n) is 1.42. The Labute approximate surface area is 64.6 Å². The van der Waals surface area contributed by atoms with Crippen molar-refractivity contribution >= 4 is 0 Å². The molecular formula is C8H20N2. The van der Waals surface area contributed by atoms with Gasteiger partial charge in [0.15, 0.2) is 0 Å². The number of rotatable bonds is 5. The number of nitrogens with one attached hydrogen (secondary N) is 1. The van der Waals surface area contributed by atoms with E-state index in [0.717, 1.165) is 19.0 Å². The first-order valence-corrected chi connectivity index (χ1v) is 4.02. The SMILES string of the molecule is CCNCC(C)CN(C)C. The third-order valence-corrected chi connectivity index (χ3v) is 1.42. The summed E-state index contributed by atoms with van der Waals surface area (Å²) >= 11 is 0. The lowest BCUT2D eigenvalue weighted by Gasteiger charge is -2.16. The summed E-state index contributed by atoms with van der Waals surface area (Å²) in [7, 11) is 4.23. The summed E-state index contributed by atoms with van der Waals surface area (Å²) in [6.45, 7) is 7.80. The van der Waals surface area contributed by atoms with Gasteiger partial charge in [-0.1, -0.05) is 13.8 Å². The van der Waals surface area contributed by atoms with E-state index in [1.165, 1.54) is 6.54 Å². The van der Waals surface area contributed by atoms with Crippen molar-refractivity contribution in [2.45, 2.75) is 13.8 Å². The molecule has 0 aliphatic rings. The van der Waals surface area contributed by atoms with E-state index in [0.29, 0.717) is 0 Å². The predicted molar refractivity (Wildman–Crippen MR) is 46.3 cm³/mol. The first-order valence-electron chi connectivity index (χ1n) is 4.02. The maximum Gasteiger partial charge on any atom is 0.00130 e. The number of hydrogen-bond acceptors (Lipinski definition) is 2. The molecule has 0 heterocycles. The monoisotopic (exact) mass is 144 g/mol. The summed E-state index contributed by atoms with van der Waals surface area (Å²) in [4.78, 5) is 2.22. The molecule has 0 rings (SSSR count). The van der Waals surface area contributed by atoms with Gasteiger partial charge in [-0.25, -0.2) is 0 Å². The van der Waals surface area contributed by atoms with Crippen LogP contribution in [0, 0.1) is 5.92 Å². The molecule has 0 aromatic carbocycles. The van der Waals surface area contributed by atoms with Gasteiger partial charge in [-0.05, 0) is 33.1 Å². The average molecular weight is 144 g/mol. The van der Waals surface area contributed by atoms with Crippen molar-refractivity contribution in [3.05, 3.63) is 0 Å². The molecule has 2 nitrogen and oxygen atoms in total. The van der Waals surface area contributed by atoms with E-state index >= 15 is 0 Å². The quantitative estimate of drug-likeness (QED) is 0.614. The van der Waals surface area contributed by atoms with Crippen LogP contribution in [0.3, 0.4) is 0 Å². The second kappa shape index (κ2) is 5.69. The van der Waals surface area contributed by atoms with Crippen molar-refractivity contribution in [1.29, 1.82) is 0 Å². The van der Waals surface area contributed by atoms with Gasteiger partial charge in [0.2, 0.25) is 0 Å². The smallest absolute Gasteiger partial charge is 0.00130 e. The highest BCUT2D eigenvalue weighted by Crippen LogP contribution is 1.92. The summed E-state index contributed by atoms with van der Waals surface area (Å²) in [5, 5.41) is 3.33. The Morgan fingerprint density at radius 2 is 2.00 bits per heavy atom. The molecule has 0 aromatic rings. The van der Waals surface area contributed by atoms with Gasteiger partial charge in [-0.3, -0.25) is 0 Å². The summed E-state index contributed by atoms with van der Waals surface area (Å²) in [6, 6.07) is 0. The first kappa shape index (κ1) is 9.92. The van der Waals surface area contributed by atoms with Gasteiger partial charge in [0.25, 0.3) is 0 Å². The van der Waals surface area contributed by atoms with Gasteiger partial charge in [-0.2, -0.15) is 0 Å². The number of nitrogens with zero attached hydrogens (tertiary/aromatic N) is 1. The van der Waals surface area contributed by atoms with Crippen LogP contribution in [0.2, 0.25) is 0 Å². The van der Waals surface area contributed by atoms with E-state index in [1.54, 1.807) is 0 Å². The Hall–Kier alpha value is -0.0800. The molecule has 2 heteroatoms. The molecule has 1 atom stereocenters. The Bertz CT molecular complexity index is 71.7. The lowest BCUT2D eigenvalue weighted by Crippen LogP contribution is -2.28. The second-order valence-electron chi connectivity index (χ2n) is 3.18. The van der Waals surface area contributed by atoms with Crippen LogP contribution in [0.1, 0.15) is 13.8 Å². The van der Waals surface area contributed by atoms with E-state index in [4.69, 9.17) is 0 Å². The minimum atomic E-state index is 0.759. The van der Waals surface area contributed by atoms with Crippen molar-refractivity contribution in [2.75, 3.05) is 33.7 Å². The molecule has 0 fully saturated rings. The Morgan fingerprint density at radius 3 is 2.40 bits per heavy atom. The molecule has 0 amide bonds. The molecule has 62 valence electrons. The van der Waals surface area contributed by atoms with E-state index in [2.05, 4.69) is 38.2 Å². The molecule has 0 saturated carbocycles. The topological polar surface area (TPSA) is 15.3 Å². The summed E-state index contributed by atoms with van der Waals surface area (Å²) in [5.74, 6) is 0.759. The average Bonchev–Trinajstić information content (AvgIpc) is 1.82. The minimum Gasteiger partial charge on any atom is -0.317 e. The predicted octanol–water partition coefficient (Wildman–Crippen LogP) is 0.794. The van der Waals surface area contributed by atoms with Crippen LogP contribution in [-0.2, 0) is 0 Å². The van der Waals surface area contributed by atoms with Crippen LogP contribution >= 0.6 is 0 Å². The molecule has 0 saturated heterocycles. The van der Waals surface area contributed by atoms with Crippen LogP contribution in [0.25, 0.3) is 0 Å². The van der Waals surface area contributed by atoms with Crippen LogP contribution < -0.4 is 5.32 Å². The molecule has 10 heavy (non-hydrogen) atoms. The summed E-state index contributed by atoms with van der Waals surface area (Å²) in [5.41, 5.74) is 0. The zero-order valence-corrected chi connectivity index (χ0v) is 7.65. The van der Waals surface area contributed by atoms with Gasteiger partial charge in [0.05, 0.1) is 0 Å². The zero-order valence-electron chi connectivity index (χ0n) is 7.65. The molecule has 0 aliphatic carbocycles. The second-order valence-corrected chi connectivity index (χ2v) is 3.18. The maximum atomic E-state index is 3.33. The van der Waals surface area contributed by atoms with Gasteiger partial charge >= 0.3 is 0 Å².